The molecule has 2 atom stereocenters. The number of nitrogens with one attached hydrogen (secondary N) is 2. The molecule has 0 aromatic rings. The minimum absolute atomic E-state index is 0.459. The second-order valence-corrected chi connectivity index (χ2v) is 4.30. The fourth-order valence-corrected chi connectivity index (χ4v) is 2.09. The third-order valence-corrected chi connectivity index (χ3v) is 2.81. The summed E-state index contributed by atoms with van der Waals surface area (Å²) < 4.78 is 0. The highest BCUT2D eigenvalue weighted by atomic mass is 15.0. The van der Waals surface area contributed by atoms with Crippen LogP contribution in [0.25, 0.3) is 0 Å². The van der Waals surface area contributed by atoms with Crippen LogP contribution in [0.1, 0.15) is 32.6 Å². The smallest absolute Gasteiger partial charge is 0.0462 e. The zero-order chi connectivity index (χ0) is 11.3. The lowest BCUT2D eigenvalue weighted by molar-refractivity contribution is 0.315. The molecule has 0 radical (unpaired) electrons. The summed E-state index contributed by atoms with van der Waals surface area (Å²) in [6.45, 7) is 13.5. The van der Waals surface area contributed by atoms with Crippen molar-refractivity contribution in [2.24, 2.45) is 0 Å². The van der Waals surface area contributed by atoms with Gasteiger partial charge in [0.15, 0.2) is 0 Å². The van der Waals surface area contributed by atoms with Crippen LogP contribution in [0.5, 0.6) is 0 Å². The van der Waals surface area contributed by atoms with Crippen molar-refractivity contribution in [2.45, 2.75) is 44.7 Å². The van der Waals surface area contributed by atoms with Gasteiger partial charge in [0.05, 0.1) is 0 Å². The predicted octanol–water partition coefficient (Wildman–Crippen LogP) is 2.71. The van der Waals surface area contributed by atoms with E-state index in [9.17, 15) is 0 Å². The summed E-state index contributed by atoms with van der Waals surface area (Å²) >= 11 is 0. The molecule has 0 bridgehead atoms. The highest BCUT2D eigenvalue weighted by molar-refractivity contribution is 5.11. The van der Waals surface area contributed by atoms with Gasteiger partial charge in [0.2, 0.25) is 0 Å². The molecule has 2 heteroatoms. The van der Waals surface area contributed by atoms with Gasteiger partial charge in [-0.25, -0.2) is 0 Å². The number of rotatable bonds is 5. The maximum absolute atomic E-state index is 3.90. The molecule has 0 aromatic heterocycles. The van der Waals surface area contributed by atoms with E-state index in [0.29, 0.717) is 12.1 Å². The van der Waals surface area contributed by atoms with E-state index in [4.69, 9.17) is 0 Å². The average molecular weight is 206 g/mol. The van der Waals surface area contributed by atoms with Gasteiger partial charge in [-0.05, 0) is 25.8 Å². The van der Waals surface area contributed by atoms with E-state index in [-0.39, 0.29) is 0 Å². The Bertz CT molecular complexity index is 255. The van der Waals surface area contributed by atoms with Crippen LogP contribution in [-0.4, -0.2) is 12.1 Å². The van der Waals surface area contributed by atoms with Crippen molar-refractivity contribution in [1.29, 1.82) is 0 Å². The van der Waals surface area contributed by atoms with Crippen LogP contribution in [0, 0.1) is 0 Å². The first-order chi connectivity index (χ1) is 7.13. The number of hydrogen-bond donors (Lipinski definition) is 2. The molecule has 15 heavy (non-hydrogen) atoms. The minimum atomic E-state index is 0.459. The van der Waals surface area contributed by atoms with Crippen molar-refractivity contribution in [3.63, 3.8) is 0 Å². The van der Waals surface area contributed by atoms with Gasteiger partial charge in [-0.2, -0.15) is 0 Å². The minimum Gasteiger partial charge on any atom is -0.384 e. The monoisotopic (exact) mass is 206 g/mol. The largest absolute Gasteiger partial charge is 0.384 e. The normalized spacial score (nSPS) is 25.4. The Kier molecular flexibility index (Phi) is 4.47. The Balaban J connectivity index is 2.52. The first-order valence-corrected chi connectivity index (χ1v) is 5.63. The standard InChI is InChI=1S/C13H22N2/c1-5-11(4)15-13-9-7-6-8-12(13)14-10(2)3/h5,12-15H,1-2,4,6-9H2,3H3. The lowest BCUT2D eigenvalue weighted by Gasteiger charge is -2.34. The Morgan fingerprint density at radius 2 is 1.67 bits per heavy atom. The molecule has 0 aromatic carbocycles. The zero-order valence-corrected chi connectivity index (χ0v) is 9.68. The topological polar surface area (TPSA) is 24.1 Å². The van der Waals surface area contributed by atoms with E-state index < -0.39 is 0 Å². The van der Waals surface area contributed by atoms with E-state index >= 15 is 0 Å². The molecule has 1 aliphatic carbocycles. The third-order valence-electron chi connectivity index (χ3n) is 2.81. The third kappa shape index (κ3) is 3.82. The van der Waals surface area contributed by atoms with Gasteiger partial charge in [-0.15, -0.1) is 0 Å². The maximum atomic E-state index is 3.90. The molecule has 1 aliphatic rings. The summed E-state index contributed by atoms with van der Waals surface area (Å²) in [5.41, 5.74) is 1.95. The average Bonchev–Trinajstić information content (AvgIpc) is 2.20. The second kappa shape index (κ2) is 5.64. The fourth-order valence-electron chi connectivity index (χ4n) is 2.09. The summed E-state index contributed by atoms with van der Waals surface area (Å²) in [6.07, 6.45) is 6.75. The van der Waals surface area contributed by atoms with Crippen LogP contribution < -0.4 is 10.6 Å². The van der Waals surface area contributed by atoms with E-state index in [0.717, 1.165) is 11.4 Å². The predicted molar refractivity (Wildman–Crippen MR) is 66.5 cm³/mol. The van der Waals surface area contributed by atoms with Crippen LogP contribution in [0.4, 0.5) is 0 Å². The van der Waals surface area contributed by atoms with Gasteiger partial charge in [0.25, 0.3) is 0 Å². The molecule has 2 unspecified atom stereocenters. The molecule has 0 amide bonds. The van der Waals surface area contributed by atoms with Crippen molar-refractivity contribution in [3.8, 4) is 0 Å². The van der Waals surface area contributed by atoms with E-state index in [2.05, 4.69) is 30.4 Å². The molecule has 0 saturated heterocycles. The van der Waals surface area contributed by atoms with Gasteiger partial charge in [-0.3, -0.25) is 0 Å². The van der Waals surface area contributed by atoms with Crippen molar-refractivity contribution in [3.05, 3.63) is 37.2 Å². The summed E-state index contributed by atoms with van der Waals surface area (Å²) in [5, 5.41) is 6.84. The molecule has 1 rings (SSSR count). The van der Waals surface area contributed by atoms with Crippen molar-refractivity contribution in [1.82, 2.24) is 10.6 Å². The molecule has 0 heterocycles. The highest BCUT2D eigenvalue weighted by Crippen LogP contribution is 2.20. The van der Waals surface area contributed by atoms with Gasteiger partial charge in [0, 0.05) is 23.5 Å². The molecule has 84 valence electrons. The molecule has 2 nitrogen and oxygen atoms in total. The first kappa shape index (κ1) is 11.9. The first-order valence-electron chi connectivity index (χ1n) is 5.63. The van der Waals surface area contributed by atoms with E-state index in [1.54, 1.807) is 6.08 Å². The summed E-state index contributed by atoms with van der Waals surface area (Å²) in [5.74, 6) is 0. The van der Waals surface area contributed by atoms with Crippen molar-refractivity contribution >= 4 is 0 Å². The fraction of sp³-hybridized carbons (Fsp3) is 0.538. The van der Waals surface area contributed by atoms with Gasteiger partial charge in [-0.1, -0.05) is 32.6 Å². The van der Waals surface area contributed by atoms with Gasteiger partial charge in [0.1, 0.15) is 0 Å². The Morgan fingerprint density at radius 1 is 1.13 bits per heavy atom. The van der Waals surface area contributed by atoms with Crippen LogP contribution in [-0.2, 0) is 0 Å². The summed E-state index contributed by atoms with van der Waals surface area (Å²) in [6, 6.07) is 0.939. The zero-order valence-electron chi connectivity index (χ0n) is 9.68. The number of allylic oxidation sites excluding steroid dienone is 2. The van der Waals surface area contributed by atoms with E-state index in [1.807, 2.05) is 6.92 Å². The lowest BCUT2D eigenvalue weighted by atomic mass is 9.90. The van der Waals surface area contributed by atoms with Crippen molar-refractivity contribution < 1.29 is 0 Å². The SMILES string of the molecule is C=CC(=C)NC1CCCCC1NC(=C)C. The molecule has 1 fully saturated rings. The lowest BCUT2D eigenvalue weighted by Crippen LogP contribution is -2.48. The maximum Gasteiger partial charge on any atom is 0.0462 e. The second-order valence-electron chi connectivity index (χ2n) is 4.30. The quantitative estimate of drug-likeness (QED) is 0.676. The molecular weight excluding hydrogens is 184 g/mol. The summed E-state index contributed by atoms with van der Waals surface area (Å²) in [4.78, 5) is 0. The molecule has 1 saturated carbocycles. The number of hydrogen-bond acceptors (Lipinski definition) is 2. The van der Waals surface area contributed by atoms with Crippen molar-refractivity contribution in [2.75, 3.05) is 0 Å². The molecule has 0 spiro atoms. The highest BCUT2D eigenvalue weighted by Gasteiger charge is 2.24. The molecule has 2 N–H and O–H groups in total. The Morgan fingerprint density at radius 3 is 2.13 bits per heavy atom. The van der Waals surface area contributed by atoms with E-state index in [1.165, 1.54) is 25.7 Å². The van der Waals surface area contributed by atoms with Gasteiger partial charge >= 0.3 is 0 Å². The van der Waals surface area contributed by atoms with Gasteiger partial charge < -0.3 is 10.6 Å². The Labute approximate surface area is 93.1 Å². The Hall–Kier alpha value is -1.18. The van der Waals surface area contributed by atoms with Crippen LogP contribution in [0.2, 0.25) is 0 Å². The summed E-state index contributed by atoms with van der Waals surface area (Å²) in [7, 11) is 0. The molecular formula is C13H22N2. The van der Waals surface area contributed by atoms with Crippen LogP contribution in [0.3, 0.4) is 0 Å². The van der Waals surface area contributed by atoms with Crippen LogP contribution >= 0.6 is 0 Å². The molecule has 0 aliphatic heterocycles. The van der Waals surface area contributed by atoms with Crippen LogP contribution in [0.15, 0.2) is 37.2 Å².